The molecule has 1 atom stereocenters. The maximum Gasteiger partial charge on any atom is 0.306 e. The van der Waals surface area contributed by atoms with Crippen LogP contribution in [0.1, 0.15) is 361 Å². The molecule has 0 aromatic carbocycles. The predicted molar refractivity (Wildman–Crippen MR) is 312 cm³/mol. The molecule has 0 bridgehead atoms. The number of carbonyl (C=O) groups is 3. The van der Waals surface area contributed by atoms with Crippen molar-refractivity contribution in [2.75, 3.05) is 13.2 Å². The third-order valence-electron chi connectivity index (χ3n) is 14.7. The lowest BCUT2D eigenvalue weighted by Crippen LogP contribution is -2.30. The molecule has 0 saturated heterocycles. The van der Waals surface area contributed by atoms with Gasteiger partial charge >= 0.3 is 17.9 Å². The summed E-state index contributed by atoms with van der Waals surface area (Å²) in [6.07, 6.45) is 73.3. The van der Waals surface area contributed by atoms with Crippen LogP contribution in [0.15, 0.2) is 24.3 Å². The van der Waals surface area contributed by atoms with Gasteiger partial charge in [0.05, 0.1) is 0 Å². The van der Waals surface area contributed by atoms with Crippen LogP contribution in [0.25, 0.3) is 0 Å². The molecule has 424 valence electrons. The fourth-order valence-electron chi connectivity index (χ4n) is 9.84. The van der Waals surface area contributed by atoms with E-state index < -0.39 is 6.10 Å². The first-order valence-corrected chi connectivity index (χ1v) is 32.3. The van der Waals surface area contributed by atoms with Crippen molar-refractivity contribution in [1.82, 2.24) is 0 Å². The van der Waals surface area contributed by atoms with Crippen LogP contribution in [0.5, 0.6) is 0 Å². The van der Waals surface area contributed by atoms with E-state index in [0.29, 0.717) is 19.3 Å². The molecular formula is C66H124O6. The van der Waals surface area contributed by atoms with Gasteiger partial charge in [0, 0.05) is 19.3 Å². The van der Waals surface area contributed by atoms with Gasteiger partial charge in [-0.05, 0) is 44.9 Å². The summed E-state index contributed by atoms with van der Waals surface area (Å²) in [5.74, 6) is -0.857. The van der Waals surface area contributed by atoms with Crippen LogP contribution in [-0.2, 0) is 28.6 Å². The largest absolute Gasteiger partial charge is 0.462 e. The first kappa shape index (κ1) is 69.9. The number of ether oxygens (including phenoxy) is 3. The maximum absolute atomic E-state index is 12.9. The first-order valence-electron chi connectivity index (χ1n) is 32.3. The highest BCUT2D eigenvalue weighted by atomic mass is 16.6. The monoisotopic (exact) mass is 1010 g/mol. The number of hydrogen-bond donors (Lipinski definition) is 0. The number of rotatable bonds is 60. The van der Waals surface area contributed by atoms with E-state index in [1.165, 1.54) is 238 Å². The smallest absolute Gasteiger partial charge is 0.306 e. The summed E-state index contributed by atoms with van der Waals surface area (Å²) in [4.78, 5) is 38.3. The molecular weight excluding hydrogens is 889 g/mol. The number of hydrogen-bond acceptors (Lipinski definition) is 6. The third-order valence-corrected chi connectivity index (χ3v) is 14.7. The Morgan fingerprint density at radius 2 is 0.528 bits per heavy atom. The standard InChI is InChI=1S/C66H124O6/c1-4-7-10-13-16-19-22-25-27-29-31-32-33-34-35-37-38-41-44-47-50-53-56-59-65(68)71-62-63(61-70-64(67)58-55-52-49-46-43-40-24-21-18-15-12-9-6-3)72-66(69)60-57-54-51-48-45-42-39-36-30-28-26-23-20-17-14-11-8-5-2/h12,15,21,24,63H,4-11,13-14,16-20,22-23,25-62H2,1-3H3/b15-12-,24-21-. The molecule has 1 unspecified atom stereocenters. The molecule has 0 amide bonds. The van der Waals surface area contributed by atoms with Crippen molar-refractivity contribution in [3.05, 3.63) is 24.3 Å². The zero-order chi connectivity index (χ0) is 52.2. The molecule has 0 N–H and O–H groups in total. The lowest BCUT2D eigenvalue weighted by molar-refractivity contribution is -0.167. The minimum Gasteiger partial charge on any atom is -0.462 e. The van der Waals surface area contributed by atoms with Crippen LogP contribution in [0.2, 0.25) is 0 Å². The molecule has 0 aliphatic heterocycles. The topological polar surface area (TPSA) is 78.9 Å². The minimum absolute atomic E-state index is 0.0696. The van der Waals surface area contributed by atoms with Crippen LogP contribution in [0.4, 0.5) is 0 Å². The molecule has 6 nitrogen and oxygen atoms in total. The summed E-state index contributed by atoms with van der Waals surface area (Å²) in [5, 5.41) is 0. The molecule has 0 heterocycles. The highest BCUT2D eigenvalue weighted by Crippen LogP contribution is 2.18. The number of unbranched alkanes of at least 4 members (excludes halogenated alkanes) is 45. The lowest BCUT2D eigenvalue weighted by Gasteiger charge is -2.18. The molecule has 0 saturated carbocycles. The summed E-state index contributed by atoms with van der Waals surface area (Å²) in [5.41, 5.74) is 0. The Bertz CT molecular complexity index is 1160. The molecule has 0 radical (unpaired) electrons. The van der Waals surface area contributed by atoms with Crippen LogP contribution in [0.3, 0.4) is 0 Å². The van der Waals surface area contributed by atoms with E-state index >= 15 is 0 Å². The molecule has 6 heteroatoms. The summed E-state index contributed by atoms with van der Waals surface area (Å²) in [7, 11) is 0. The highest BCUT2D eigenvalue weighted by Gasteiger charge is 2.19. The van der Waals surface area contributed by atoms with Crippen molar-refractivity contribution < 1.29 is 28.6 Å². The van der Waals surface area contributed by atoms with E-state index in [2.05, 4.69) is 45.1 Å². The van der Waals surface area contributed by atoms with Crippen LogP contribution >= 0.6 is 0 Å². The lowest BCUT2D eigenvalue weighted by atomic mass is 10.0. The average Bonchev–Trinajstić information content (AvgIpc) is 3.38. The van der Waals surface area contributed by atoms with Gasteiger partial charge in [0.1, 0.15) is 13.2 Å². The molecule has 0 aromatic heterocycles. The van der Waals surface area contributed by atoms with E-state index in [1.54, 1.807) is 0 Å². The van der Waals surface area contributed by atoms with Crippen molar-refractivity contribution in [2.45, 2.75) is 367 Å². The second kappa shape index (κ2) is 61.4. The van der Waals surface area contributed by atoms with Gasteiger partial charge in [-0.25, -0.2) is 0 Å². The van der Waals surface area contributed by atoms with E-state index in [9.17, 15) is 14.4 Å². The van der Waals surface area contributed by atoms with Gasteiger partial charge in [-0.3, -0.25) is 14.4 Å². The van der Waals surface area contributed by atoms with Gasteiger partial charge < -0.3 is 14.2 Å². The van der Waals surface area contributed by atoms with E-state index in [4.69, 9.17) is 14.2 Å². The van der Waals surface area contributed by atoms with Crippen LogP contribution in [0, 0.1) is 0 Å². The fourth-order valence-corrected chi connectivity index (χ4v) is 9.84. The van der Waals surface area contributed by atoms with Gasteiger partial charge in [-0.2, -0.15) is 0 Å². The molecule has 0 spiro atoms. The molecule has 0 aliphatic carbocycles. The molecule has 72 heavy (non-hydrogen) atoms. The zero-order valence-electron chi connectivity index (χ0n) is 48.7. The summed E-state index contributed by atoms with van der Waals surface area (Å²) in [6, 6.07) is 0. The Morgan fingerprint density at radius 3 is 0.819 bits per heavy atom. The average molecular weight is 1010 g/mol. The number of carbonyl (C=O) groups excluding carboxylic acids is 3. The Kier molecular flexibility index (Phi) is 59.6. The fraction of sp³-hybridized carbons (Fsp3) is 0.894. The SMILES string of the molecule is CCC/C=C\C/C=C\CCCCCCCC(=O)OCC(COC(=O)CCCCCCCCCCCCCCCCCCCCCCCCC)OC(=O)CCCCCCCCCCCCCCCCCCCC. The number of esters is 3. The predicted octanol–water partition coefficient (Wildman–Crippen LogP) is 21.8. The molecule has 0 rings (SSSR count). The number of allylic oxidation sites excluding steroid dienone is 4. The van der Waals surface area contributed by atoms with Crippen molar-refractivity contribution in [3.8, 4) is 0 Å². The maximum atomic E-state index is 12.9. The summed E-state index contributed by atoms with van der Waals surface area (Å²) in [6.45, 7) is 6.64. The quantitative estimate of drug-likeness (QED) is 0.0261. The van der Waals surface area contributed by atoms with Crippen LogP contribution < -0.4 is 0 Å². The van der Waals surface area contributed by atoms with Gasteiger partial charge in [0.2, 0.25) is 0 Å². The molecule has 0 fully saturated rings. The highest BCUT2D eigenvalue weighted by molar-refractivity contribution is 5.71. The van der Waals surface area contributed by atoms with Crippen LogP contribution in [-0.4, -0.2) is 37.2 Å². The van der Waals surface area contributed by atoms with E-state index in [0.717, 1.165) is 83.5 Å². The Morgan fingerprint density at radius 1 is 0.278 bits per heavy atom. The van der Waals surface area contributed by atoms with Gasteiger partial charge in [0.15, 0.2) is 6.10 Å². The Labute approximate surface area is 449 Å². The normalized spacial score (nSPS) is 12.1. The van der Waals surface area contributed by atoms with E-state index in [1.807, 2.05) is 0 Å². The third kappa shape index (κ3) is 58.8. The summed E-state index contributed by atoms with van der Waals surface area (Å²) >= 11 is 0. The zero-order valence-corrected chi connectivity index (χ0v) is 48.7. The Balaban J connectivity index is 4.24. The van der Waals surface area contributed by atoms with E-state index in [-0.39, 0.29) is 31.1 Å². The second-order valence-corrected chi connectivity index (χ2v) is 22.0. The van der Waals surface area contributed by atoms with Gasteiger partial charge in [0.25, 0.3) is 0 Å². The summed E-state index contributed by atoms with van der Waals surface area (Å²) < 4.78 is 16.9. The van der Waals surface area contributed by atoms with Crippen molar-refractivity contribution in [2.24, 2.45) is 0 Å². The first-order chi connectivity index (χ1) is 35.5. The van der Waals surface area contributed by atoms with Crippen molar-refractivity contribution in [1.29, 1.82) is 0 Å². The van der Waals surface area contributed by atoms with Gasteiger partial charge in [-0.1, -0.05) is 321 Å². The molecule has 0 aromatic rings. The van der Waals surface area contributed by atoms with Gasteiger partial charge in [-0.15, -0.1) is 0 Å². The van der Waals surface area contributed by atoms with Crippen molar-refractivity contribution in [3.63, 3.8) is 0 Å². The molecule has 0 aliphatic rings. The Hall–Kier alpha value is -2.11. The van der Waals surface area contributed by atoms with Crippen molar-refractivity contribution >= 4 is 17.9 Å². The minimum atomic E-state index is -0.773. The second-order valence-electron chi connectivity index (χ2n) is 22.0.